The summed E-state index contributed by atoms with van der Waals surface area (Å²) >= 11 is 0. The van der Waals surface area contributed by atoms with Crippen molar-refractivity contribution in [3.05, 3.63) is 36.5 Å². The predicted molar refractivity (Wildman–Crippen MR) is 45.3 cm³/mol. The average Bonchev–Trinajstić information content (AvgIpc) is 2.52. The summed E-state index contributed by atoms with van der Waals surface area (Å²) in [5.74, 6) is 0. The standard InChI is InChI=1S/C10H12O/c1-4-8-6-5-7-9(2)10(8,3)11-9/h4-7H,1H2,2-3H3. The van der Waals surface area contributed by atoms with Gasteiger partial charge in [0.05, 0.1) is 0 Å². The van der Waals surface area contributed by atoms with Gasteiger partial charge < -0.3 is 4.74 Å². The lowest BCUT2D eigenvalue weighted by Gasteiger charge is -2.13. The molecule has 2 atom stereocenters. The quantitative estimate of drug-likeness (QED) is 0.519. The number of hydrogen-bond donors (Lipinski definition) is 0. The molecule has 0 aromatic rings. The highest BCUT2D eigenvalue weighted by Gasteiger charge is 2.64. The Balaban J connectivity index is 2.44. The van der Waals surface area contributed by atoms with Crippen LogP contribution < -0.4 is 0 Å². The summed E-state index contributed by atoms with van der Waals surface area (Å²) in [4.78, 5) is 0. The van der Waals surface area contributed by atoms with Crippen molar-refractivity contribution in [1.29, 1.82) is 0 Å². The second-order valence-electron chi connectivity index (χ2n) is 3.43. The van der Waals surface area contributed by atoms with Gasteiger partial charge in [-0.2, -0.15) is 0 Å². The van der Waals surface area contributed by atoms with Crippen LogP contribution in [-0.4, -0.2) is 11.2 Å². The van der Waals surface area contributed by atoms with Crippen molar-refractivity contribution in [2.24, 2.45) is 0 Å². The fourth-order valence-electron chi connectivity index (χ4n) is 1.69. The SMILES string of the molecule is C=CC1=CC=CC2(C)OC12C. The summed E-state index contributed by atoms with van der Waals surface area (Å²) in [5.41, 5.74) is 1.02. The fraction of sp³-hybridized carbons (Fsp3) is 0.400. The third-order valence-electron chi connectivity index (χ3n) is 2.78. The first kappa shape index (κ1) is 6.86. The molecule has 0 aromatic heterocycles. The van der Waals surface area contributed by atoms with Crippen LogP contribution in [0.25, 0.3) is 0 Å². The zero-order chi connectivity index (χ0) is 8.11. The van der Waals surface area contributed by atoms with Crippen molar-refractivity contribution in [2.45, 2.75) is 25.0 Å². The molecule has 2 aliphatic rings. The van der Waals surface area contributed by atoms with Gasteiger partial charge in [-0.25, -0.2) is 0 Å². The van der Waals surface area contributed by atoms with Crippen LogP contribution in [0, 0.1) is 0 Å². The summed E-state index contributed by atoms with van der Waals surface area (Å²) in [6, 6.07) is 0. The summed E-state index contributed by atoms with van der Waals surface area (Å²) < 4.78 is 5.63. The number of ether oxygens (including phenoxy) is 1. The van der Waals surface area contributed by atoms with Crippen LogP contribution in [0.1, 0.15) is 13.8 Å². The molecule has 2 rings (SSSR count). The van der Waals surface area contributed by atoms with Gasteiger partial charge in [-0.1, -0.05) is 24.8 Å². The summed E-state index contributed by atoms with van der Waals surface area (Å²) in [7, 11) is 0. The zero-order valence-electron chi connectivity index (χ0n) is 6.92. The molecular formula is C10H12O. The molecule has 1 aliphatic heterocycles. The summed E-state index contributed by atoms with van der Waals surface area (Å²) in [5, 5.41) is 0. The van der Waals surface area contributed by atoms with E-state index >= 15 is 0 Å². The maximum Gasteiger partial charge on any atom is 0.124 e. The molecule has 11 heavy (non-hydrogen) atoms. The molecule has 1 aliphatic carbocycles. The van der Waals surface area contributed by atoms with Crippen molar-refractivity contribution < 1.29 is 4.74 Å². The molecule has 2 unspecified atom stereocenters. The van der Waals surface area contributed by atoms with E-state index in [2.05, 4.69) is 32.6 Å². The number of allylic oxidation sites excluding steroid dienone is 2. The Labute approximate surface area is 67.1 Å². The van der Waals surface area contributed by atoms with Gasteiger partial charge in [0, 0.05) is 0 Å². The molecule has 58 valence electrons. The maximum absolute atomic E-state index is 5.63. The number of rotatable bonds is 1. The molecule has 1 heterocycles. The van der Waals surface area contributed by atoms with E-state index in [4.69, 9.17) is 4.74 Å². The van der Waals surface area contributed by atoms with E-state index in [1.807, 2.05) is 12.2 Å². The molecule has 0 bridgehead atoms. The Bertz CT molecular complexity index is 275. The molecule has 1 heteroatoms. The van der Waals surface area contributed by atoms with E-state index in [1.54, 1.807) is 0 Å². The normalized spacial score (nSPS) is 46.2. The Morgan fingerprint density at radius 3 is 2.82 bits per heavy atom. The Hall–Kier alpha value is -0.820. The lowest BCUT2D eigenvalue weighted by atomic mass is 9.85. The highest BCUT2D eigenvalue weighted by molar-refractivity contribution is 5.47. The Kier molecular flexibility index (Phi) is 1.04. The first-order chi connectivity index (χ1) is 5.12. The largest absolute Gasteiger partial charge is 0.354 e. The third kappa shape index (κ3) is 0.641. The Morgan fingerprint density at radius 2 is 2.27 bits per heavy atom. The van der Waals surface area contributed by atoms with Gasteiger partial charge in [-0.05, 0) is 25.5 Å². The average molecular weight is 148 g/mol. The lowest BCUT2D eigenvalue weighted by Crippen LogP contribution is -2.21. The Morgan fingerprint density at radius 1 is 1.55 bits per heavy atom. The minimum Gasteiger partial charge on any atom is -0.354 e. The monoisotopic (exact) mass is 148 g/mol. The van der Waals surface area contributed by atoms with E-state index < -0.39 is 0 Å². The molecule has 1 saturated heterocycles. The molecule has 0 aromatic carbocycles. The van der Waals surface area contributed by atoms with Crippen molar-refractivity contribution in [3.8, 4) is 0 Å². The van der Waals surface area contributed by atoms with Crippen LogP contribution in [0.15, 0.2) is 36.5 Å². The van der Waals surface area contributed by atoms with E-state index in [0.717, 1.165) is 0 Å². The van der Waals surface area contributed by atoms with Crippen molar-refractivity contribution in [3.63, 3.8) is 0 Å². The molecule has 0 saturated carbocycles. The van der Waals surface area contributed by atoms with Gasteiger partial charge in [-0.15, -0.1) is 0 Å². The summed E-state index contributed by atoms with van der Waals surface area (Å²) in [6.45, 7) is 7.95. The van der Waals surface area contributed by atoms with Gasteiger partial charge in [0.2, 0.25) is 0 Å². The molecule has 0 amide bonds. The topological polar surface area (TPSA) is 12.5 Å². The van der Waals surface area contributed by atoms with Crippen molar-refractivity contribution in [1.82, 2.24) is 0 Å². The molecule has 0 spiro atoms. The van der Waals surface area contributed by atoms with Crippen molar-refractivity contribution >= 4 is 0 Å². The first-order valence-electron chi connectivity index (χ1n) is 3.85. The van der Waals surface area contributed by atoms with Crippen LogP contribution in [0.5, 0.6) is 0 Å². The molecule has 0 N–H and O–H groups in total. The first-order valence-corrected chi connectivity index (χ1v) is 3.85. The second-order valence-corrected chi connectivity index (χ2v) is 3.43. The zero-order valence-corrected chi connectivity index (χ0v) is 6.92. The van der Waals surface area contributed by atoms with Gasteiger partial charge in [0.15, 0.2) is 0 Å². The van der Waals surface area contributed by atoms with Gasteiger partial charge in [-0.3, -0.25) is 0 Å². The number of hydrogen-bond acceptors (Lipinski definition) is 1. The van der Waals surface area contributed by atoms with Crippen LogP contribution in [0.4, 0.5) is 0 Å². The molecule has 0 radical (unpaired) electrons. The minimum atomic E-state index is -0.0938. The predicted octanol–water partition coefficient (Wildman–Crippen LogP) is 2.22. The van der Waals surface area contributed by atoms with Crippen molar-refractivity contribution in [2.75, 3.05) is 0 Å². The van der Waals surface area contributed by atoms with Gasteiger partial charge in [0.25, 0.3) is 0 Å². The van der Waals surface area contributed by atoms with Gasteiger partial charge in [0.1, 0.15) is 11.2 Å². The second kappa shape index (κ2) is 1.67. The van der Waals surface area contributed by atoms with Gasteiger partial charge >= 0.3 is 0 Å². The summed E-state index contributed by atoms with van der Waals surface area (Å²) in [6.07, 6.45) is 8.06. The number of epoxide rings is 1. The molecule has 1 fully saturated rings. The van der Waals surface area contributed by atoms with Crippen LogP contribution in [0.2, 0.25) is 0 Å². The van der Waals surface area contributed by atoms with Crippen LogP contribution in [-0.2, 0) is 4.74 Å². The highest BCUT2D eigenvalue weighted by Crippen LogP contribution is 2.55. The fourth-order valence-corrected chi connectivity index (χ4v) is 1.69. The van der Waals surface area contributed by atoms with Crippen LogP contribution >= 0.6 is 0 Å². The van der Waals surface area contributed by atoms with E-state index in [9.17, 15) is 0 Å². The smallest absolute Gasteiger partial charge is 0.124 e. The van der Waals surface area contributed by atoms with E-state index in [1.165, 1.54) is 5.57 Å². The maximum atomic E-state index is 5.63. The van der Waals surface area contributed by atoms with Crippen LogP contribution in [0.3, 0.4) is 0 Å². The lowest BCUT2D eigenvalue weighted by molar-refractivity contribution is 0.319. The van der Waals surface area contributed by atoms with E-state index in [0.29, 0.717) is 0 Å². The number of fused-ring (bicyclic) bond motifs is 1. The minimum absolute atomic E-state index is 0.0642. The highest BCUT2D eigenvalue weighted by atomic mass is 16.6. The molecular weight excluding hydrogens is 136 g/mol. The third-order valence-corrected chi connectivity index (χ3v) is 2.78. The van der Waals surface area contributed by atoms with E-state index in [-0.39, 0.29) is 11.2 Å². The molecule has 1 nitrogen and oxygen atoms in total.